The molecule has 29 heavy (non-hydrogen) atoms. The molecule has 1 aromatic carbocycles. The summed E-state index contributed by atoms with van der Waals surface area (Å²) in [5.74, 6) is -0.382. The molecule has 1 amide bonds. The minimum atomic E-state index is -3.93. The van der Waals surface area contributed by atoms with E-state index < -0.39 is 28.6 Å². The molecule has 0 heterocycles. The van der Waals surface area contributed by atoms with E-state index in [-0.39, 0.29) is 16.8 Å². The van der Waals surface area contributed by atoms with Crippen LogP contribution in [0.3, 0.4) is 0 Å². The average molecular weight is 422 g/mol. The highest BCUT2D eigenvalue weighted by molar-refractivity contribution is 7.89. The quantitative estimate of drug-likeness (QED) is 0.646. The Hall–Kier alpha value is -2.44. The summed E-state index contributed by atoms with van der Waals surface area (Å²) >= 11 is 0. The molecule has 0 aromatic heterocycles. The van der Waals surface area contributed by atoms with Crippen LogP contribution >= 0.6 is 0 Å². The second-order valence-electron chi connectivity index (χ2n) is 7.48. The number of hydrogen-bond donors (Lipinski definition) is 2. The van der Waals surface area contributed by atoms with Crippen LogP contribution in [0.25, 0.3) is 0 Å². The smallest absolute Gasteiger partial charge is 0.321 e. The fourth-order valence-electron chi connectivity index (χ4n) is 3.32. The van der Waals surface area contributed by atoms with Crippen LogP contribution < -0.4 is 10.0 Å². The molecule has 2 N–H and O–H groups in total. The van der Waals surface area contributed by atoms with Crippen molar-refractivity contribution in [3.63, 3.8) is 0 Å². The molecule has 0 aliphatic heterocycles. The van der Waals surface area contributed by atoms with E-state index in [1.54, 1.807) is 0 Å². The van der Waals surface area contributed by atoms with E-state index in [1.807, 2.05) is 6.07 Å². The van der Waals surface area contributed by atoms with Crippen LogP contribution in [0.5, 0.6) is 0 Å². The van der Waals surface area contributed by atoms with Crippen LogP contribution in [0.2, 0.25) is 0 Å². The molecule has 2 rings (SSSR count). The largest absolute Gasteiger partial charge is 0.452 e. The van der Waals surface area contributed by atoms with Gasteiger partial charge in [-0.15, -0.1) is 0 Å². The average Bonchev–Trinajstić information content (AvgIpc) is 2.70. The monoisotopic (exact) mass is 421 g/mol. The van der Waals surface area contributed by atoms with E-state index >= 15 is 0 Å². The minimum absolute atomic E-state index is 0.0438. The Bertz CT molecular complexity index is 876. The van der Waals surface area contributed by atoms with Gasteiger partial charge in [-0.25, -0.2) is 8.42 Å². The molecule has 1 saturated carbocycles. The van der Waals surface area contributed by atoms with Crippen LogP contribution in [-0.2, 0) is 24.3 Å². The number of carbonyl (C=O) groups excluding carboxylic acids is 2. The van der Waals surface area contributed by atoms with E-state index in [9.17, 15) is 18.0 Å². The molecule has 8 nitrogen and oxygen atoms in total. The van der Waals surface area contributed by atoms with Crippen LogP contribution in [0.15, 0.2) is 29.2 Å². The standard InChI is InChI=1S/C20H27N3O5S/c1-13-5-4-6-18(14(13)2)23-20(25)15(3)28-19(24)12-22-29(26,27)17-9-7-16(11-21)8-10-17/h7-10,13-15,18,22H,4-6,12H2,1-3H3,(H,23,25)/t13-,14+,15+,18+/m0/s1. The predicted octanol–water partition coefficient (Wildman–Crippen LogP) is 1.71. The summed E-state index contributed by atoms with van der Waals surface area (Å²) in [6.07, 6.45) is 2.05. The first-order chi connectivity index (χ1) is 13.6. The number of amides is 1. The molecular formula is C20H27N3O5S. The maximum atomic E-state index is 12.3. The topological polar surface area (TPSA) is 125 Å². The van der Waals surface area contributed by atoms with E-state index in [2.05, 4.69) is 23.9 Å². The number of hydrogen-bond acceptors (Lipinski definition) is 6. The third kappa shape index (κ3) is 6.27. The minimum Gasteiger partial charge on any atom is -0.452 e. The molecule has 0 unspecified atom stereocenters. The molecule has 1 aliphatic rings. The number of nitrogens with one attached hydrogen (secondary N) is 2. The van der Waals surface area contributed by atoms with Gasteiger partial charge in [0.1, 0.15) is 6.54 Å². The summed E-state index contributed by atoms with van der Waals surface area (Å²) in [7, 11) is -3.93. The van der Waals surface area contributed by atoms with Crippen LogP contribution in [0.1, 0.15) is 45.6 Å². The Labute approximate surface area is 171 Å². The Kier molecular flexibility index (Phi) is 7.76. The lowest BCUT2D eigenvalue weighted by Crippen LogP contribution is -2.48. The number of ether oxygens (including phenoxy) is 1. The van der Waals surface area contributed by atoms with Crippen molar-refractivity contribution in [1.29, 1.82) is 5.26 Å². The first-order valence-electron chi connectivity index (χ1n) is 9.63. The molecule has 4 atom stereocenters. The van der Waals surface area contributed by atoms with Crippen molar-refractivity contribution >= 4 is 21.9 Å². The van der Waals surface area contributed by atoms with Gasteiger partial charge in [-0.2, -0.15) is 9.98 Å². The van der Waals surface area contributed by atoms with Gasteiger partial charge in [0, 0.05) is 6.04 Å². The second-order valence-corrected chi connectivity index (χ2v) is 9.24. The van der Waals surface area contributed by atoms with E-state index in [0.717, 1.165) is 19.3 Å². The predicted molar refractivity (Wildman–Crippen MR) is 106 cm³/mol. The Morgan fingerprint density at radius 2 is 1.90 bits per heavy atom. The van der Waals surface area contributed by atoms with Crippen molar-refractivity contribution in [2.75, 3.05) is 6.54 Å². The molecule has 9 heteroatoms. The summed E-state index contributed by atoms with van der Waals surface area (Å²) in [4.78, 5) is 24.2. The maximum Gasteiger partial charge on any atom is 0.321 e. The lowest BCUT2D eigenvalue weighted by Gasteiger charge is -2.35. The molecule has 158 valence electrons. The number of esters is 1. The zero-order chi connectivity index (χ0) is 21.6. The number of nitriles is 1. The molecule has 1 aliphatic carbocycles. The van der Waals surface area contributed by atoms with Gasteiger partial charge in [-0.1, -0.05) is 26.7 Å². The normalized spacial score (nSPS) is 22.9. The molecule has 1 fully saturated rings. The van der Waals surface area contributed by atoms with Gasteiger partial charge < -0.3 is 10.1 Å². The second kappa shape index (κ2) is 9.85. The van der Waals surface area contributed by atoms with Crippen LogP contribution in [0.4, 0.5) is 0 Å². The summed E-state index contributed by atoms with van der Waals surface area (Å²) in [5, 5.41) is 11.7. The van der Waals surface area contributed by atoms with Gasteiger partial charge in [-0.3, -0.25) is 9.59 Å². The van der Waals surface area contributed by atoms with Crippen molar-refractivity contribution in [3.8, 4) is 6.07 Å². The van der Waals surface area contributed by atoms with Gasteiger partial charge in [0.05, 0.1) is 16.5 Å². The third-order valence-corrected chi connectivity index (χ3v) is 6.83. The zero-order valence-electron chi connectivity index (χ0n) is 16.8. The van der Waals surface area contributed by atoms with Gasteiger partial charge in [0.25, 0.3) is 5.91 Å². The van der Waals surface area contributed by atoms with Crippen molar-refractivity contribution in [1.82, 2.24) is 10.0 Å². The van der Waals surface area contributed by atoms with E-state index in [4.69, 9.17) is 10.00 Å². The molecule has 0 spiro atoms. The molecule has 1 aromatic rings. The Balaban J connectivity index is 1.84. The van der Waals surface area contributed by atoms with Crippen molar-refractivity contribution in [2.45, 2.75) is 57.1 Å². The van der Waals surface area contributed by atoms with Crippen molar-refractivity contribution < 1.29 is 22.7 Å². The zero-order valence-corrected chi connectivity index (χ0v) is 17.7. The van der Waals surface area contributed by atoms with Gasteiger partial charge in [0.15, 0.2) is 6.10 Å². The van der Waals surface area contributed by atoms with E-state index in [0.29, 0.717) is 17.4 Å². The maximum absolute atomic E-state index is 12.3. The number of rotatable bonds is 7. The fourth-order valence-corrected chi connectivity index (χ4v) is 4.29. The SMILES string of the molecule is C[C@@H]1[C@@H](C)CCC[C@H]1NC(=O)[C@@H](C)OC(=O)CNS(=O)(=O)c1ccc(C#N)cc1. The Morgan fingerprint density at radius 3 is 2.52 bits per heavy atom. The lowest BCUT2D eigenvalue weighted by molar-refractivity contribution is -0.154. The fraction of sp³-hybridized carbons (Fsp3) is 0.550. The first kappa shape index (κ1) is 22.8. The summed E-state index contributed by atoms with van der Waals surface area (Å²) < 4.78 is 31.6. The summed E-state index contributed by atoms with van der Waals surface area (Å²) in [5.41, 5.74) is 0.324. The Morgan fingerprint density at radius 1 is 1.24 bits per heavy atom. The van der Waals surface area contributed by atoms with Gasteiger partial charge >= 0.3 is 5.97 Å². The van der Waals surface area contributed by atoms with Crippen molar-refractivity contribution in [3.05, 3.63) is 29.8 Å². The van der Waals surface area contributed by atoms with Crippen LogP contribution in [-0.4, -0.2) is 39.0 Å². The summed E-state index contributed by atoms with van der Waals surface area (Å²) in [6, 6.07) is 7.22. The molecule has 0 bridgehead atoms. The number of sulfonamides is 1. The number of nitrogens with zero attached hydrogens (tertiary/aromatic N) is 1. The number of carbonyl (C=O) groups is 2. The molecule has 0 radical (unpaired) electrons. The third-order valence-electron chi connectivity index (χ3n) is 5.41. The molecular weight excluding hydrogens is 394 g/mol. The van der Waals surface area contributed by atoms with Gasteiger partial charge in [-0.05, 0) is 49.4 Å². The highest BCUT2D eigenvalue weighted by atomic mass is 32.2. The molecule has 0 saturated heterocycles. The summed E-state index contributed by atoms with van der Waals surface area (Å²) in [6.45, 7) is 5.12. The highest BCUT2D eigenvalue weighted by Crippen LogP contribution is 2.29. The highest BCUT2D eigenvalue weighted by Gasteiger charge is 2.30. The van der Waals surface area contributed by atoms with Gasteiger partial charge in [0.2, 0.25) is 10.0 Å². The van der Waals surface area contributed by atoms with Crippen LogP contribution in [0, 0.1) is 23.2 Å². The van der Waals surface area contributed by atoms with E-state index in [1.165, 1.54) is 31.2 Å². The lowest BCUT2D eigenvalue weighted by atomic mass is 9.78. The number of benzene rings is 1. The first-order valence-corrected chi connectivity index (χ1v) is 11.1. The van der Waals surface area contributed by atoms with Crippen molar-refractivity contribution in [2.24, 2.45) is 11.8 Å².